The summed E-state index contributed by atoms with van der Waals surface area (Å²) < 4.78 is 18.2. The van der Waals surface area contributed by atoms with Crippen LogP contribution in [0.15, 0.2) is 24.3 Å². The zero-order valence-electron chi connectivity index (χ0n) is 12.9. The van der Waals surface area contributed by atoms with Gasteiger partial charge in [0.05, 0.1) is 13.0 Å². The van der Waals surface area contributed by atoms with Crippen LogP contribution in [-0.2, 0) is 4.79 Å². The number of carbonyl (C=O) groups is 1. The Hall–Kier alpha value is -1.62. The van der Waals surface area contributed by atoms with Crippen molar-refractivity contribution in [1.29, 1.82) is 0 Å². The second-order valence-corrected chi connectivity index (χ2v) is 5.86. The Morgan fingerprint density at radius 2 is 1.95 bits per heavy atom. The van der Waals surface area contributed by atoms with Gasteiger partial charge in [0.2, 0.25) is 5.91 Å². The number of carbonyl (C=O) groups excluding carboxylic acids is 1. The molecule has 1 aromatic carbocycles. The monoisotopic (exact) mass is 308 g/mol. The fraction of sp³-hybridized carbons (Fsp3) is 0.588. The van der Waals surface area contributed by atoms with E-state index in [1.807, 2.05) is 0 Å². The maximum Gasteiger partial charge on any atom is 0.223 e. The first-order valence-corrected chi connectivity index (χ1v) is 8.07. The van der Waals surface area contributed by atoms with E-state index in [0.29, 0.717) is 18.2 Å². The number of benzene rings is 1. The van der Waals surface area contributed by atoms with Gasteiger partial charge >= 0.3 is 0 Å². The van der Waals surface area contributed by atoms with Crippen LogP contribution >= 0.6 is 0 Å². The second kappa shape index (κ2) is 8.73. The van der Waals surface area contributed by atoms with Crippen LogP contribution in [0.25, 0.3) is 0 Å². The minimum Gasteiger partial charge on any atom is -0.493 e. The molecule has 1 amide bonds. The van der Waals surface area contributed by atoms with Crippen LogP contribution in [0.3, 0.4) is 0 Å². The van der Waals surface area contributed by atoms with E-state index in [0.717, 1.165) is 12.8 Å². The van der Waals surface area contributed by atoms with Crippen molar-refractivity contribution in [2.75, 3.05) is 13.2 Å². The quantitative estimate of drug-likeness (QED) is 0.814. The van der Waals surface area contributed by atoms with Gasteiger partial charge in [0.15, 0.2) is 0 Å². The van der Waals surface area contributed by atoms with Gasteiger partial charge in [-0.15, -0.1) is 0 Å². The van der Waals surface area contributed by atoms with Gasteiger partial charge in [0.25, 0.3) is 0 Å². The summed E-state index contributed by atoms with van der Waals surface area (Å²) in [6, 6.07) is 5.85. The third-order valence-corrected chi connectivity index (χ3v) is 4.23. The largest absolute Gasteiger partial charge is 0.493 e. The zero-order valence-corrected chi connectivity index (χ0v) is 12.9. The molecule has 0 heterocycles. The number of hydrogen-bond acceptors (Lipinski definition) is 3. The molecule has 1 aliphatic carbocycles. The van der Waals surface area contributed by atoms with Crippen LogP contribution in [0.5, 0.6) is 5.75 Å². The molecule has 0 spiro atoms. The van der Waals surface area contributed by atoms with E-state index in [2.05, 4.69) is 5.32 Å². The van der Waals surface area contributed by atoms with Gasteiger partial charge < -0.3 is 15.8 Å². The lowest BCUT2D eigenvalue weighted by Crippen LogP contribution is -2.46. The molecule has 0 aromatic heterocycles. The number of nitrogens with one attached hydrogen (secondary N) is 1. The molecule has 1 aromatic rings. The lowest BCUT2D eigenvalue weighted by Gasteiger charge is -2.30. The highest BCUT2D eigenvalue weighted by Gasteiger charge is 2.23. The van der Waals surface area contributed by atoms with Crippen molar-refractivity contribution in [2.24, 2.45) is 11.7 Å². The van der Waals surface area contributed by atoms with Crippen molar-refractivity contribution < 1.29 is 13.9 Å². The van der Waals surface area contributed by atoms with Crippen LogP contribution in [-0.4, -0.2) is 25.1 Å². The van der Waals surface area contributed by atoms with E-state index in [4.69, 9.17) is 10.5 Å². The molecule has 1 fully saturated rings. The maximum atomic E-state index is 12.8. The molecule has 3 N–H and O–H groups in total. The second-order valence-electron chi connectivity index (χ2n) is 5.86. The summed E-state index contributed by atoms with van der Waals surface area (Å²) in [5.41, 5.74) is 5.80. The number of halogens is 1. The molecular weight excluding hydrogens is 283 g/mol. The molecule has 122 valence electrons. The fourth-order valence-electron chi connectivity index (χ4n) is 2.98. The lowest BCUT2D eigenvalue weighted by atomic mass is 9.84. The molecule has 0 radical (unpaired) electrons. The standard InChI is InChI=1S/C17H25FN2O2/c18-14-6-8-15(9-7-14)22-11-10-17(21)20-16(12-19)13-4-2-1-3-5-13/h6-9,13,16H,1-5,10-12,19H2,(H,20,21). The van der Waals surface area contributed by atoms with Crippen LogP contribution < -0.4 is 15.8 Å². The Morgan fingerprint density at radius 3 is 2.59 bits per heavy atom. The molecule has 0 bridgehead atoms. The van der Waals surface area contributed by atoms with Crippen molar-refractivity contribution in [3.05, 3.63) is 30.1 Å². The van der Waals surface area contributed by atoms with Crippen LogP contribution in [0.1, 0.15) is 38.5 Å². The van der Waals surface area contributed by atoms with Gasteiger partial charge in [-0.3, -0.25) is 4.79 Å². The van der Waals surface area contributed by atoms with E-state index in [-0.39, 0.29) is 30.8 Å². The first kappa shape index (κ1) is 16.7. The molecule has 5 heteroatoms. The molecule has 0 aliphatic heterocycles. The van der Waals surface area contributed by atoms with Crippen LogP contribution in [0.4, 0.5) is 4.39 Å². The van der Waals surface area contributed by atoms with Crippen molar-refractivity contribution in [3.63, 3.8) is 0 Å². The number of amides is 1. The summed E-state index contributed by atoms with van der Waals surface area (Å²) in [4.78, 5) is 12.0. The highest BCUT2D eigenvalue weighted by molar-refractivity contribution is 5.76. The average Bonchev–Trinajstić information content (AvgIpc) is 2.55. The molecular formula is C17H25FN2O2. The van der Waals surface area contributed by atoms with E-state index in [1.165, 1.54) is 31.4 Å². The molecule has 1 saturated carbocycles. The summed E-state index contributed by atoms with van der Waals surface area (Å²) in [6.07, 6.45) is 6.31. The Balaban J connectivity index is 1.70. The molecule has 2 rings (SSSR count). The van der Waals surface area contributed by atoms with Gasteiger partial charge in [-0.25, -0.2) is 4.39 Å². The molecule has 0 saturated heterocycles. The van der Waals surface area contributed by atoms with E-state index in [1.54, 1.807) is 12.1 Å². The third kappa shape index (κ3) is 5.30. The predicted octanol–water partition coefficient (Wildman–Crippen LogP) is 2.62. The summed E-state index contributed by atoms with van der Waals surface area (Å²) >= 11 is 0. The minimum absolute atomic E-state index is 0.0388. The number of nitrogens with two attached hydrogens (primary N) is 1. The lowest BCUT2D eigenvalue weighted by molar-refractivity contribution is -0.122. The highest BCUT2D eigenvalue weighted by atomic mass is 19.1. The van der Waals surface area contributed by atoms with Crippen molar-refractivity contribution in [2.45, 2.75) is 44.6 Å². The first-order chi connectivity index (χ1) is 10.7. The predicted molar refractivity (Wildman–Crippen MR) is 84.1 cm³/mol. The van der Waals surface area contributed by atoms with Gasteiger partial charge in [-0.05, 0) is 43.0 Å². The smallest absolute Gasteiger partial charge is 0.223 e. The normalized spacial score (nSPS) is 17.0. The number of hydrogen-bond donors (Lipinski definition) is 2. The number of rotatable bonds is 7. The van der Waals surface area contributed by atoms with Gasteiger partial charge in [0, 0.05) is 12.6 Å². The Morgan fingerprint density at radius 1 is 1.27 bits per heavy atom. The first-order valence-electron chi connectivity index (χ1n) is 8.07. The van der Waals surface area contributed by atoms with E-state index < -0.39 is 0 Å². The van der Waals surface area contributed by atoms with Crippen molar-refractivity contribution in [3.8, 4) is 5.75 Å². The number of ether oxygens (including phenoxy) is 1. The fourth-order valence-corrected chi connectivity index (χ4v) is 2.98. The van der Waals surface area contributed by atoms with Gasteiger partial charge in [-0.1, -0.05) is 19.3 Å². The maximum absolute atomic E-state index is 12.8. The summed E-state index contributed by atoms with van der Waals surface area (Å²) in [7, 11) is 0. The van der Waals surface area contributed by atoms with Crippen LogP contribution in [0, 0.1) is 11.7 Å². The van der Waals surface area contributed by atoms with E-state index in [9.17, 15) is 9.18 Å². The summed E-state index contributed by atoms with van der Waals surface area (Å²) in [5.74, 6) is 0.726. The Bertz CT molecular complexity index is 458. The van der Waals surface area contributed by atoms with Crippen molar-refractivity contribution >= 4 is 5.91 Å². The summed E-state index contributed by atoms with van der Waals surface area (Å²) in [6.45, 7) is 0.759. The molecule has 1 unspecified atom stereocenters. The van der Waals surface area contributed by atoms with Gasteiger partial charge in [-0.2, -0.15) is 0 Å². The molecule has 4 nitrogen and oxygen atoms in total. The molecule has 22 heavy (non-hydrogen) atoms. The Labute approximate surface area is 131 Å². The molecule has 1 atom stereocenters. The molecule has 1 aliphatic rings. The SMILES string of the molecule is NCC(NC(=O)CCOc1ccc(F)cc1)C1CCCCC1. The van der Waals surface area contributed by atoms with Gasteiger partial charge in [0.1, 0.15) is 11.6 Å². The van der Waals surface area contributed by atoms with Crippen LogP contribution in [0.2, 0.25) is 0 Å². The minimum atomic E-state index is -0.302. The highest BCUT2D eigenvalue weighted by Crippen LogP contribution is 2.26. The van der Waals surface area contributed by atoms with E-state index >= 15 is 0 Å². The summed E-state index contributed by atoms with van der Waals surface area (Å²) in [5, 5.41) is 3.03. The Kier molecular flexibility index (Phi) is 6.65. The topological polar surface area (TPSA) is 64.3 Å². The average molecular weight is 308 g/mol. The third-order valence-electron chi connectivity index (χ3n) is 4.23. The zero-order chi connectivity index (χ0) is 15.8. The van der Waals surface area contributed by atoms with Crippen molar-refractivity contribution in [1.82, 2.24) is 5.32 Å².